The molecule has 1 atom stereocenters. The number of ether oxygens (including phenoxy) is 1. The van der Waals surface area contributed by atoms with Gasteiger partial charge in [0.15, 0.2) is 5.54 Å². The maximum absolute atomic E-state index is 13.2. The van der Waals surface area contributed by atoms with Gasteiger partial charge in [-0.05, 0) is 64.1 Å². The number of fused-ring (bicyclic) bond motifs is 6. The number of halogens is 1. The Morgan fingerprint density at radius 1 is 0.854 bits per heavy atom. The van der Waals surface area contributed by atoms with Crippen LogP contribution in [0.3, 0.4) is 0 Å². The summed E-state index contributed by atoms with van der Waals surface area (Å²) in [4.78, 5) is 17.7. The molecule has 41 heavy (non-hydrogen) atoms. The van der Waals surface area contributed by atoms with Crippen LogP contribution in [0.1, 0.15) is 61.7 Å². The molecule has 2 heterocycles. The van der Waals surface area contributed by atoms with Crippen LogP contribution >= 0.6 is 18.0 Å². The summed E-state index contributed by atoms with van der Waals surface area (Å²) in [6, 6.07) is 19.6. The van der Waals surface area contributed by atoms with Crippen molar-refractivity contribution in [1.29, 1.82) is 0 Å². The Hall–Kier alpha value is -3.03. The highest BCUT2D eigenvalue weighted by molar-refractivity contribution is 7.84. The average molecular weight is 600 g/mol. The van der Waals surface area contributed by atoms with Gasteiger partial charge in [-0.3, -0.25) is 14.6 Å². The van der Waals surface area contributed by atoms with Gasteiger partial charge in [0.25, 0.3) is 12.6 Å². The molecule has 2 aliphatic rings. The summed E-state index contributed by atoms with van der Waals surface area (Å²) in [6.07, 6.45) is 0. The lowest BCUT2D eigenvalue weighted by atomic mass is 9.75. The molecule has 1 N–H and O–H groups in total. The highest BCUT2D eigenvalue weighted by atomic mass is 35.7. The summed E-state index contributed by atoms with van der Waals surface area (Å²) in [7, 11) is 0. The molecule has 3 aromatic carbocycles. The predicted molar refractivity (Wildman–Crippen MR) is 165 cm³/mol. The molecular weight excluding hydrogens is 561 g/mol. The zero-order valence-electron chi connectivity index (χ0n) is 24.6. The molecule has 0 aromatic heterocycles. The van der Waals surface area contributed by atoms with Gasteiger partial charge in [0.05, 0.1) is 6.61 Å². The van der Waals surface area contributed by atoms with Crippen molar-refractivity contribution in [2.45, 2.75) is 40.2 Å². The molecule has 1 spiro atoms. The van der Waals surface area contributed by atoms with Crippen molar-refractivity contribution in [3.05, 3.63) is 82.9 Å². The standard InChI is InChI=1S/C28H31N3O3.C3H8ClO2P/c1-5-29(6-2)19-13-15-23-25(17-19)34-26-18-20(30(7-3)8-4)14-16-24(26)28(23)22-12-10-9-11-21(22)27(32)31(28)33;1-3-6-7(2,4)5/h9-18,33H,5-8H2,1-4H3;3H2,1-2H3. The Balaban J connectivity index is 0.000000493. The second-order valence-electron chi connectivity index (χ2n) is 9.85. The first-order valence-electron chi connectivity index (χ1n) is 14.1. The van der Waals surface area contributed by atoms with Crippen molar-refractivity contribution in [3.63, 3.8) is 0 Å². The van der Waals surface area contributed by atoms with Gasteiger partial charge in [-0.15, -0.1) is 0 Å². The first-order valence-corrected chi connectivity index (χ1v) is 17.1. The third-order valence-corrected chi connectivity index (χ3v) is 8.62. The smallest absolute Gasteiger partial charge is 0.287 e. The van der Waals surface area contributed by atoms with E-state index in [1.165, 1.54) is 6.66 Å². The van der Waals surface area contributed by atoms with Gasteiger partial charge in [-0.2, -0.15) is 0 Å². The molecule has 2 aliphatic heterocycles. The van der Waals surface area contributed by atoms with Crippen LogP contribution in [0, 0.1) is 0 Å². The van der Waals surface area contributed by atoms with E-state index in [0.717, 1.165) is 59.3 Å². The first kappa shape index (κ1) is 30.9. The number of carbonyl (C=O) groups is 1. The van der Waals surface area contributed by atoms with E-state index in [-0.39, 0.29) is 0 Å². The summed E-state index contributed by atoms with van der Waals surface area (Å²) in [5, 5.41) is 12.3. The Bertz CT molecular complexity index is 1390. The second-order valence-corrected chi connectivity index (χ2v) is 13.4. The van der Waals surface area contributed by atoms with E-state index >= 15 is 0 Å². The van der Waals surface area contributed by atoms with Gasteiger partial charge in [0, 0.05) is 78.6 Å². The molecule has 0 bridgehead atoms. The molecule has 220 valence electrons. The maximum atomic E-state index is 13.2. The van der Waals surface area contributed by atoms with Crippen molar-refractivity contribution in [3.8, 4) is 11.5 Å². The number of hydrogen-bond acceptors (Lipinski definition) is 7. The number of benzene rings is 3. The molecule has 0 aliphatic carbocycles. The number of rotatable bonds is 8. The number of amides is 1. The van der Waals surface area contributed by atoms with Crippen molar-refractivity contribution in [1.82, 2.24) is 5.06 Å². The highest BCUT2D eigenvalue weighted by Crippen LogP contribution is 2.57. The zero-order valence-corrected chi connectivity index (χ0v) is 26.2. The van der Waals surface area contributed by atoms with Gasteiger partial charge in [0.1, 0.15) is 11.5 Å². The number of hydroxylamine groups is 2. The average Bonchev–Trinajstić information content (AvgIpc) is 3.17. The molecule has 5 rings (SSSR count). The van der Waals surface area contributed by atoms with Crippen molar-refractivity contribution >= 4 is 35.2 Å². The molecule has 0 fully saturated rings. The minimum absolute atomic E-state index is 0.407. The predicted octanol–water partition coefficient (Wildman–Crippen LogP) is 7.71. The largest absolute Gasteiger partial charge is 0.456 e. The van der Waals surface area contributed by atoms with Gasteiger partial charge in [-0.1, -0.05) is 30.3 Å². The van der Waals surface area contributed by atoms with E-state index in [1.807, 2.05) is 54.6 Å². The molecule has 1 unspecified atom stereocenters. The van der Waals surface area contributed by atoms with Crippen LogP contribution < -0.4 is 14.5 Å². The molecule has 0 saturated carbocycles. The van der Waals surface area contributed by atoms with Crippen molar-refractivity contribution in [2.24, 2.45) is 0 Å². The van der Waals surface area contributed by atoms with Crippen LogP contribution in [-0.2, 0) is 14.6 Å². The summed E-state index contributed by atoms with van der Waals surface area (Å²) in [6.45, 7) is 12.8. The topological polar surface area (TPSA) is 82.6 Å². The molecule has 0 radical (unpaired) electrons. The third kappa shape index (κ3) is 5.59. The third-order valence-electron chi connectivity index (χ3n) is 7.60. The van der Waals surface area contributed by atoms with Crippen molar-refractivity contribution in [2.75, 3.05) is 49.3 Å². The minimum Gasteiger partial charge on any atom is -0.456 e. The number of nitrogens with zero attached hydrogens (tertiary/aromatic N) is 3. The minimum atomic E-state index is -2.69. The Morgan fingerprint density at radius 2 is 1.34 bits per heavy atom. The number of hydrogen-bond donors (Lipinski definition) is 1. The SMILES string of the molecule is CCN(CC)c1ccc2c(c1)Oc1cc(N(CC)CC)ccc1C21c2ccccc2C(=O)N1O.CCOP(C)(=O)Cl. The molecule has 8 nitrogen and oxygen atoms in total. The monoisotopic (exact) mass is 599 g/mol. The lowest BCUT2D eigenvalue weighted by molar-refractivity contribution is -0.102. The summed E-state index contributed by atoms with van der Waals surface area (Å²) < 4.78 is 21.4. The molecule has 0 saturated heterocycles. The van der Waals surface area contributed by atoms with Gasteiger partial charge >= 0.3 is 0 Å². The number of carbonyl (C=O) groups excluding carboxylic acids is 1. The Labute approximate surface area is 247 Å². The van der Waals surface area contributed by atoms with Gasteiger partial charge in [-0.25, -0.2) is 5.06 Å². The molecular formula is C31H39ClN3O5P. The fourth-order valence-electron chi connectivity index (χ4n) is 5.74. The Kier molecular flexibility index (Phi) is 9.39. The lowest BCUT2D eigenvalue weighted by Gasteiger charge is -2.41. The summed E-state index contributed by atoms with van der Waals surface area (Å²) in [5.74, 6) is 0.893. The van der Waals surface area contributed by atoms with Gasteiger partial charge < -0.3 is 19.1 Å². The van der Waals surface area contributed by atoms with Crippen LogP contribution in [0.15, 0.2) is 60.7 Å². The second kappa shape index (κ2) is 12.5. The summed E-state index contributed by atoms with van der Waals surface area (Å²) in [5.41, 5.74) is 3.71. The Morgan fingerprint density at radius 3 is 1.76 bits per heavy atom. The molecule has 1 amide bonds. The lowest BCUT2D eigenvalue weighted by Crippen LogP contribution is -2.45. The van der Waals surface area contributed by atoms with E-state index < -0.39 is 18.2 Å². The number of anilines is 2. The van der Waals surface area contributed by atoms with Crippen LogP contribution in [0.4, 0.5) is 11.4 Å². The van der Waals surface area contributed by atoms with E-state index in [2.05, 4.69) is 42.0 Å². The van der Waals surface area contributed by atoms with Crippen LogP contribution in [0.5, 0.6) is 11.5 Å². The first-order chi connectivity index (χ1) is 19.6. The fraction of sp³-hybridized carbons (Fsp3) is 0.387. The van der Waals surface area contributed by atoms with E-state index in [1.54, 1.807) is 13.0 Å². The van der Waals surface area contributed by atoms with Crippen molar-refractivity contribution < 1.29 is 23.8 Å². The quantitative estimate of drug-likeness (QED) is 0.210. The molecule has 3 aromatic rings. The zero-order chi connectivity index (χ0) is 29.9. The van der Waals surface area contributed by atoms with Crippen LogP contribution in [0.2, 0.25) is 0 Å². The molecule has 10 heteroatoms. The van der Waals surface area contributed by atoms with Crippen LogP contribution in [0.25, 0.3) is 0 Å². The fourth-order valence-corrected chi connectivity index (χ4v) is 6.49. The van der Waals surface area contributed by atoms with Gasteiger partial charge in [0.2, 0.25) is 0 Å². The highest BCUT2D eigenvalue weighted by Gasteiger charge is 2.56. The summed E-state index contributed by atoms with van der Waals surface area (Å²) >= 11 is 5.17. The van der Waals surface area contributed by atoms with E-state index in [4.69, 9.17) is 16.0 Å². The van der Waals surface area contributed by atoms with E-state index in [0.29, 0.717) is 23.7 Å². The van der Waals surface area contributed by atoms with Crippen LogP contribution in [-0.4, -0.2) is 55.6 Å². The maximum Gasteiger partial charge on any atom is 0.287 e. The normalized spacial score (nSPS) is 15.6. The van der Waals surface area contributed by atoms with E-state index in [9.17, 15) is 14.6 Å².